The van der Waals surface area contributed by atoms with Crippen LogP contribution >= 0.6 is 11.3 Å². The standard InChI is InChI=1S/C11H11NO2S/c1-14-11(13)7-2-3-10-8(4-7)5-9(6-12)15-10/h2-5H,6,12H2,1H3. The van der Waals surface area contributed by atoms with Crippen molar-refractivity contribution in [3.8, 4) is 0 Å². The predicted molar refractivity (Wildman–Crippen MR) is 61.1 cm³/mol. The topological polar surface area (TPSA) is 52.3 Å². The molecule has 0 bridgehead atoms. The molecule has 2 aromatic rings. The van der Waals surface area contributed by atoms with Crippen molar-refractivity contribution in [2.45, 2.75) is 6.54 Å². The Hall–Kier alpha value is -1.39. The van der Waals surface area contributed by atoms with Gasteiger partial charge in [0.1, 0.15) is 0 Å². The fourth-order valence-corrected chi connectivity index (χ4v) is 2.37. The predicted octanol–water partition coefficient (Wildman–Crippen LogP) is 2.15. The second-order valence-corrected chi connectivity index (χ2v) is 4.33. The first-order chi connectivity index (χ1) is 7.24. The van der Waals surface area contributed by atoms with Crippen LogP contribution in [0.25, 0.3) is 10.1 Å². The number of esters is 1. The van der Waals surface area contributed by atoms with Gasteiger partial charge in [0.25, 0.3) is 0 Å². The van der Waals surface area contributed by atoms with E-state index in [1.807, 2.05) is 18.2 Å². The number of thiophene rings is 1. The number of ether oxygens (including phenoxy) is 1. The summed E-state index contributed by atoms with van der Waals surface area (Å²) in [5, 5.41) is 1.04. The van der Waals surface area contributed by atoms with Crippen molar-refractivity contribution in [1.29, 1.82) is 0 Å². The number of hydrogen-bond donors (Lipinski definition) is 1. The lowest BCUT2D eigenvalue weighted by molar-refractivity contribution is 0.0601. The lowest BCUT2D eigenvalue weighted by Crippen LogP contribution is -1.99. The zero-order chi connectivity index (χ0) is 10.8. The van der Waals surface area contributed by atoms with Gasteiger partial charge in [0.2, 0.25) is 0 Å². The van der Waals surface area contributed by atoms with E-state index in [0.717, 1.165) is 15.0 Å². The maximum Gasteiger partial charge on any atom is 0.337 e. The van der Waals surface area contributed by atoms with Gasteiger partial charge in [-0.15, -0.1) is 11.3 Å². The molecule has 0 spiro atoms. The van der Waals surface area contributed by atoms with Crippen molar-refractivity contribution in [3.05, 3.63) is 34.7 Å². The number of carbonyl (C=O) groups excluding carboxylic acids is 1. The maximum absolute atomic E-state index is 11.3. The summed E-state index contributed by atoms with van der Waals surface area (Å²) in [5.41, 5.74) is 6.13. The molecule has 0 saturated carbocycles. The number of benzene rings is 1. The third kappa shape index (κ3) is 1.86. The minimum Gasteiger partial charge on any atom is -0.465 e. The monoisotopic (exact) mass is 221 g/mol. The summed E-state index contributed by atoms with van der Waals surface area (Å²) in [5.74, 6) is -0.308. The van der Waals surface area contributed by atoms with Gasteiger partial charge in [-0.1, -0.05) is 0 Å². The van der Waals surface area contributed by atoms with E-state index in [1.165, 1.54) is 7.11 Å². The van der Waals surface area contributed by atoms with Gasteiger partial charge in [-0.05, 0) is 29.7 Å². The van der Waals surface area contributed by atoms with Gasteiger partial charge in [0, 0.05) is 16.1 Å². The number of carbonyl (C=O) groups is 1. The van der Waals surface area contributed by atoms with Crippen LogP contribution in [0, 0.1) is 0 Å². The van der Waals surface area contributed by atoms with Crippen molar-refractivity contribution in [1.82, 2.24) is 0 Å². The molecular weight excluding hydrogens is 210 g/mol. The fourth-order valence-electron chi connectivity index (χ4n) is 1.44. The van der Waals surface area contributed by atoms with Crippen LogP contribution in [0.15, 0.2) is 24.3 Å². The minimum atomic E-state index is -0.308. The van der Waals surface area contributed by atoms with Crippen molar-refractivity contribution >= 4 is 27.4 Å². The highest BCUT2D eigenvalue weighted by Gasteiger charge is 2.07. The molecule has 78 valence electrons. The molecule has 1 aromatic heterocycles. The largest absolute Gasteiger partial charge is 0.465 e. The average molecular weight is 221 g/mol. The normalized spacial score (nSPS) is 10.5. The summed E-state index contributed by atoms with van der Waals surface area (Å²) in [7, 11) is 1.38. The van der Waals surface area contributed by atoms with Gasteiger partial charge in [-0.25, -0.2) is 4.79 Å². The van der Waals surface area contributed by atoms with Crippen molar-refractivity contribution in [3.63, 3.8) is 0 Å². The first-order valence-electron chi connectivity index (χ1n) is 4.55. The Bertz CT molecular complexity index is 504. The zero-order valence-electron chi connectivity index (χ0n) is 8.32. The Morgan fingerprint density at radius 3 is 2.93 bits per heavy atom. The fraction of sp³-hybridized carbons (Fsp3) is 0.182. The number of nitrogens with two attached hydrogens (primary N) is 1. The number of methoxy groups -OCH3 is 1. The van der Waals surface area contributed by atoms with Gasteiger partial charge >= 0.3 is 5.97 Å². The molecule has 3 nitrogen and oxygen atoms in total. The molecule has 0 radical (unpaired) electrons. The summed E-state index contributed by atoms with van der Waals surface area (Å²) in [4.78, 5) is 12.4. The van der Waals surface area contributed by atoms with E-state index in [1.54, 1.807) is 17.4 Å². The molecular formula is C11H11NO2S. The Morgan fingerprint density at radius 1 is 1.47 bits per heavy atom. The Kier molecular flexibility index (Phi) is 2.70. The van der Waals surface area contributed by atoms with Gasteiger partial charge in [-0.3, -0.25) is 0 Å². The zero-order valence-corrected chi connectivity index (χ0v) is 9.14. The van der Waals surface area contributed by atoms with Crippen molar-refractivity contribution in [2.24, 2.45) is 5.73 Å². The molecule has 0 aliphatic rings. The quantitative estimate of drug-likeness (QED) is 0.790. The van der Waals surface area contributed by atoms with E-state index < -0.39 is 0 Å². The molecule has 0 saturated heterocycles. The third-order valence-corrected chi connectivity index (χ3v) is 3.33. The maximum atomic E-state index is 11.3. The molecule has 0 aliphatic carbocycles. The second-order valence-electron chi connectivity index (χ2n) is 3.16. The van der Waals surface area contributed by atoms with E-state index in [0.29, 0.717) is 12.1 Å². The Morgan fingerprint density at radius 2 is 2.27 bits per heavy atom. The van der Waals surface area contributed by atoms with E-state index >= 15 is 0 Å². The minimum absolute atomic E-state index is 0.308. The molecule has 0 aliphatic heterocycles. The van der Waals surface area contributed by atoms with E-state index in [2.05, 4.69) is 4.74 Å². The van der Waals surface area contributed by atoms with Crippen LogP contribution in [0.3, 0.4) is 0 Å². The highest BCUT2D eigenvalue weighted by molar-refractivity contribution is 7.19. The van der Waals surface area contributed by atoms with Gasteiger partial charge in [0.15, 0.2) is 0 Å². The lowest BCUT2D eigenvalue weighted by atomic mass is 10.1. The van der Waals surface area contributed by atoms with Crippen LogP contribution in [0.4, 0.5) is 0 Å². The van der Waals surface area contributed by atoms with E-state index in [9.17, 15) is 4.79 Å². The smallest absolute Gasteiger partial charge is 0.337 e. The summed E-state index contributed by atoms with van der Waals surface area (Å²) in [6.07, 6.45) is 0. The molecule has 0 amide bonds. The van der Waals surface area contributed by atoms with Crippen LogP contribution in [0.5, 0.6) is 0 Å². The number of fused-ring (bicyclic) bond motifs is 1. The highest BCUT2D eigenvalue weighted by atomic mass is 32.1. The lowest BCUT2D eigenvalue weighted by Gasteiger charge is -1.97. The summed E-state index contributed by atoms with van der Waals surface area (Å²) >= 11 is 1.65. The SMILES string of the molecule is COC(=O)c1ccc2sc(CN)cc2c1. The second kappa shape index (κ2) is 4.00. The molecule has 1 heterocycles. The van der Waals surface area contributed by atoms with Crippen LogP contribution in [0.2, 0.25) is 0 Å². The Balaban J connectivity index is 2.50. The van der Waals surface area contributed by atoms with Crippen molar-refractivity contribution in [2.75, 3.05) is 7.11 Å². The summed E-state index contributed by atoms with van der Waals surface area (Å²) in [6, 6.07) is 7.53. The molecule has 0 atom stereocenters. The molecule has 1 aromatic carbocycles. The summed E-state index contributed by atoms with van der Waals surface area (Å²) in [6.45, 7) is 0.535. The van der Waals surface area contributed by atoms with Crippen LogP contribution in [0.1, 0.15) is 15.2 Å². The molecule has 15 heavy (non-hydrogen) atoms. The van der Waals surface area contributed by atoms with E-state index in [4.69, 9.17) is 5.73 Å². The molecule has 2 N–H and O–H groups in total. The first-order valence-corrected chi connectivity index (χ1v) is 5.37. The van der Waals surface area contributed by atoms with E-state index in [-0.39, 0.29) is 5.97 Å². The average Bonchev–Trinajstić information content (AvgIpc) is 2.69. The van der Waals surface area contributed by atoms with Gasteiger partial charge < -0.3 is 10.5 Å². The molecule has 4 heteroatoms. The third-order valence-electron chi connectivity index (χ3n) is 2.19. The number of rotatable bonds is 2. The first kappa shape index (κ1) is 10.1. The molecule has 0 fully saturated rings. The summed E-state index contributed by atoms with van der Waals surface area (Å²) < 4.78 is 5.80. The Labute approximate surface area is 91.5 Å². The van der Waals surface area contributed by atoms with Crippen LogP contribution < -0.4 is 5.73 Å². The highest BCUT2D eigenvalue weighted by Crippen LogP contribution is 2.26. The van der Waals surface area contributed by atoms with Crippen LogP contribution in [-0.2, 0) is 11.3 Å². The molecule has 2 rings (SSSR count). The van der Waals surface area contributed by atoms with Crippen molar-refractivity contribution < 1.29 is 9.53 Å². The van der Waals surface area contributed by atoms with Gasteiger partial charge in [0.05, 0.1) is 12.7 Å². The van der Waals surface area contributed by atoms with Gasteiger partial charge in [-0.2, -0.15) is 0 Å². The number of hydrogen-bond acceptors (Lipinski definition) is 4. The molecule has 0 unspecified atom stereocenters. The van der Waals surface area contributed by atoms with Crippen LogP contribution in [-0.4, -0.2) is 13.1 Å².